The third kappa shape index (κ3) is 3.58. The van der Waals surface area contributed by atoms with Crippen LogP contribution in [0.15, 0.2) is 28.8 Å². The molecule has 2 aliphatic rings. The molecule has 1 saturated carbocycles. The van der Waals surface area contributed by atoms with Gasteiger partial charge in [0.15, 0.2) is 0 Å². The van der Waals surface area contributed by atoms with Crippen molar-refractivity contribution in [2.24, 2.45) is 5.41 Å². The Morgan fingerprint density at radius 2 is 1.97 bits per heavy atom. The number of nitrogens with zero attached hydrogens (tertiary/aromatic N) is 3. The van der Waals surface area contributed by atoms with Crippen LogP contribution in [0.3, 0.4) is 0 Å². The Morgan fingerprint density at radius 3 is 2.59 bits per heavy atom. The van der Waals surface area contributed by atoms with E-state index in [-0.39, 0.29) is 50.0 Å². The third-order valence-electron chi connectivity index (χ3n) is 5.66. The summed E-state index contributed by atoms with van der Waals surface area (Å²) in [6.45, 7) is 1.98. The lowest BCUT2D eigenvalue weighted by molar-refractivity contribution is -0.135. The summed E-state index contributed by atoms with van der Waals surface area (Å²) >= 11 is 0. The minimum Gasteiger partial charge on any atom is -0.341 e. The molecule has 10 heteroatoms. The molecule has 1 atom stereocenters. The number of halogens is 3. The molecule has 0 radical (unpaired) electrons. The highest BCUT2D eigenvalue weighted by atomic mass is 19.3. The Bertz CT molecular complexity index is 954. The van der Waals surface area contributed by atoms with Gasteiger partial charge in [-0.1, -0.05) is 11.2 Å². The molecule has 4 rings (SSSR count). The Labute approximate surface area is 164 Å². The van der Waals surface area contributed by atoms with Gasteiger partial charge in [0.25, 0.3) is 23.5 Å². The van der Waals surface area contributed by atoms with Crippen molar-refractivity contribution in [1.29, 1.82) is 0 Å². The van der Waals surface area contributed by atoms with Crippen molar-refractivity contribution >= 4 is 11.8 Å². The summed E-state index contributed by atoms with van der Waals surface area (Å²) in [6, 6.07) is 4.58. The minimum atomic E-state index is -2.63. The average Bonchev–Trinajstić information content (AvgIpc) is 3.03. The number of nitrogens with one attached hydrogen (secondary N) is 1. The van der Waals surface area contributed by atoms with Gasteiger partial charge in [0.1, 0.15) is 11.9 Å². The Morgan fingerprint density at radius 1 is 1.28 bits per heavy atom. The molecule has 7 nitrogen and oxygen atoms in total. The van der Waals surface area contributed by atoms with Gasteiger partial charge in [-0.25, -0.2) is 13.2 Å². The predicted molar refractivity (Wildman–Crippen MR) is 94.4 cm³/mol. The van der Waals surface area contributed by atoms with Crippen LogP contribution < -0.4 is 5.32 Å². The second-order valence-corrected chi connectivity index (χ2v) is 7.62. The van der Waals surface area contributed by atoms with E-state index in [4.69, 9.17) is 4.52 Å². The van der Waals surface area contributed by atoms with E-state index in [2.05, 4.69) is 15.5 Å². The monoisotopic (exact) mass is 408 g/mol. The van der Waals surface area contributed by atoms with Gasteiger partial charge < -0.3 is 14.7 Å². The van der Waals surface area contributed by atoms with Gasteiger partial charge in [0.2, 0.25) is 5.91 Å². The first kappa shape index (κ1) is 19.4. The number of aromatic nitrogens is 2. The molecule has 154 valence electrons. The Balaban J connectivity index is 1.34. The molecule has 1 aromatic carbocycles. The summed E-state index contributed by atoms with van der Waals surface area (Å²) in [7, 11) is 0. The lowest BCUT2D eigenvalue weighted by atomic mass is 9.92. The first-order chi connectivity index (χ1) is 13.7. The maximum Gasteiger partial charge on any atom is 0.293 e. The van der Waals surface area contributed by atoms with E-state index in [9.17, 15) is 22.8 Å². The van der Waals surface area contributed by atoms with Gasteiger partial charge in [-0.3, -0.25) is 9.59 Å². The predicted octanol–water partition coefficient (Wildman–Crippen LogP) is 2.64. The standard InChI is InChI=1S/C19H19F3N4O3/c1-11(17(28)26-7-5-18(6-8-26)10-19(18,21)22)23-15(27)14-24-16(29-25-14)12-3-2-4-13(20)9-12/h2-4,9,11H,5-8,10H2,1H3,(H,23,27). The van der Waals surface area contributed by atoms with Crippen LogP contribution in [-0.4, -0.2) is 51.9 Å². The number of amides is 2. The average molecular weight is 408 g/mol. The zero-order chi connectivity index (χ0) is 20.8. The van der Waals surface area contributed by atoms with Crippen LogP contribution in [0.2, 0.25) is 0 Å². The van der Waals surface area contributed by atoms with E-state index < -0.39 is 29.1 Å². The van der Waals surface area contributed by atoms with E-state index >= 15 is 0 Å². The number of hydrogen-bond donors (Lipinski definition) is 1. The fourth-order valence-electron chi connectivity index (χ4n) is 3.73. The van der Waals surface area contributed by atoms with Gasteiger partial charge in [0.05, 0.1) is 0 Å². The van der Waals surface area contributed by atoms with Crippen LogP contribution in [0.5, 0.6) is 0 Å². The molecule has 1 unspecified atom stereocenters. The zero-order valence-corrected chi connectivity index (χ0v) is 15.6. The largest absolute Gasteiger partial charge is 0.341 e. The van der Waals surface area contributed by atoms with E-state index in [1.54, 1.807) is 6.07 Å². The van der Waals surface area contributed by atoms with Crippen molar-refractivity contribution in [3.8, 4) is 11.5 Å². The molecule has 2 heterocycles. The van der Waals surface area contributed by atoms with E-state index in [0.29, 0.717) is 5.56 Å². The van der Waals surface area contributed by atoms with E-state index in [1.807, 2.05) is 0 Å². The lowest BCUT2D eigenvalue weighted by Crippen LogP contribution is -2.50. The zero-order valence-electron chi connectivity index (χ0n) is 15.6. The second kappa shape index (κ2) is 6.85. The maximum absolute atomic E-state index is 13.5. The fraction of sp³-hybridized carbons (Fsp3) is 0.474. The minimum absolute atomic E-state index is 0.0275. The smallest absolute Gasteiger partial charge is 0.293 e. The van der Waals surface area contributed by atoms with Crippen molar-refractivity contribution in [2.45, 2.75) is 38.2 Å². The molecule has 1 N–H and O–H groups in total. The van der Waals surface area contributed by atoms with E-state index in [1.165, 1.54) is 30.0 Å². The summed E-state index contributed by atoms with van der Waals surface area (Å²) in [5.41, 5.74) is -0.631. The third-order valence-corrected chi connectivity index (χ3v) is 5.66. The molecule has 29 heavy (non-hydrogen) atoms. The van der Waals surface area contributed by atoms with Gasteiger partial charge in [0, 0.05) is 30.5 Å². The number of carbonyl (C=O) groups is 2. The summed E-state index contributed by atoms with van der Waals surface area (Å²) in [5, 5.41) is 6.05. The number of alkyl halides is 2. The second-order valence-electron chi connectivity index (χ2n) is 7.62. The maximum atomic E-state index is 13.5. The first-order valence-corrected chi connectivity index (χ1v) is 9.28. The highest BCUT2D eigenvalue weighted by molar-refractivity contribution is 5.94. The van der Waals surface area contributed by atoms with Crippen molar-refractivity contribution in [3.63, 3.8) is 0 Å². The van der Waals surface area contributed by atoms with Gasteiger partial charge >= 0.3 is 0 Å². The molecule has 2 aromatic rings. The van der Waals surface area contributed by atoms with Crippen LogP contribution in [0, 0.1) is 11.2 Å². The summed E-state index contributed by atoms with van der Waals surface area (Å²) < 4.78 is 45.2. The molecule has 1 aromatic heterocycles. The SMILES string of the molecule is CC(NC(=O)c1noc(-c2cccc(F)c2)n1)C(=O)N1CCC2(CC1)CC2(F)F. The number of hydrogen-bond acceptors (Lipinski definition) is 5. The molecular weight excluding hydrogens is 389 g/mol. The highest BCUT2D eigenvalue weighted by Crippen LogP contribution is 2.65. The topological polar surface area (TPSA) is 88.3 Å². The summed E-state index contributed by atoms with van der Waals surface area (Å²) in [6.07, 6.45) is 0.405. The molecule has 1 aliphatic heterocycles. The van der Waals surface area contributed by atoms with Crippen LogP contribution in [-0.2, 0) is 4.79 Å². The molecular formula is C19H19F3N4O3. The summed E-state index contributed by atoms with van der Waals surface area (Å²) in [4.78, 5) is 30.3. The molecule has 0 bridgehead atoms. The van der Waals surface area contributed by atoms with Crippen LogP contribution in [0.1, 0.15) is 36.8 Å². The normalized spacial score (nSPS) is 20.3. The van der Waals surface area contributed by atoms with Crippen molar-refractivity contribution in [3.05, 3.63) is 35.9 Å². The van der Waals surface area contributed by atoms with Crippen molar-refractivity contribution in [2.75, 3.05) is 13.1 Å². The first-order valence-electron chi connectivity index (χ1n) is 9.28. The number of piperidine rings is 1. The molecule has 2 fully saturated rings. The Hall–Kier alpha value is -2.91. The van der Waals surface area contributed by atoms with Gasteiger partial charge in [-0.2, -0.15) is 4.98 Å². The fourth-order valence-corrected chi connectivity index (χ4v) is 3.73. The number of carbonyl (C=O) groups excluding carboxylic acids is 2. The summed E-state index contributed by atoms with van der Waals surface area (Å²) in [5.74, 6) is -4.51. The van der Waals surface area contributed by atoms with Gasteiger partial charge in [-0.05, 0) is 38.0 Å². The molecule has 1 aliphatic carbocycles. The Kier molecular flexibility index (Phi) is 4.59. The van der Waals surface area contributed by atoms with Crippen molar-refractivity contribution < 1.29 is 27.3 Å². The van der Waals surface area contributed by atoms with Crippen LogP contribution in [0.4, 0.5) is 13.2 Å². The van der Waals surface area contributed by atoms with Gasteiger partial charge in [-0.15, -0.1) is 0 Å². The molecule has 1 saturated heterocycles. The van der Waals surface area contributed by atoms with Crippen LogP contribution in [0.25, 0.3) is 11.5 Å². The molecule has 1 spiro atoms. The number of benzene rings is 1. The quantitative estimate of drug-likeness (QED) is 0.840. The number of likely N-dealkylation sites (tertiary alicyclic amines) is 1. The highest BCUT2D eigenvalue weighted by Gasteiger charge is 2.70. The van der Waals surface area contributed by atoms with E-state index in [0.717, 1.165) is 0 Å². The van der Waals surface area contributed by atoms with Crippen molar-refractivity contribution in [1.82, 2.24) is 20.4 Å². The lowest BCUT2D eigenvalue weighted by Gasteiger charge is -2.33. The number of rotatable bonds is 4. The molecule has 2 amide bonds. The van der Waals surface area contributed by atoms with Crippen LogP contribution >= 0.6 is 0 Å².